The van der Waals surface area contributed by atoms with E-state index in [1.807, 2.05) is 6.07 Å². The molecular formula is C9H10Cl2N2O. The van der Waals surface area contributed by atoms with Crippen molar-refractivity contribution in [2.75, 3.05) is 0 Å². The Hall–Kier alpha value is -0.770. The first-order valence-corrected chi connectivity index (χ1v) is 4.88. The summed E-state index contributed by atoms with van der Waals surface area (Å²) < 4.78 is 0. The lowest BCUT2D eigenvalue weighted by molar-refractivity contribution is 0.0940. The number of amides is 1. The van der Waals surface area contributed by atoms with E-state index in [1.165, 1.54) is 0 Å². The number of carbonyl (C=O) groups excluding carboxylic acids is 1. The summed E-state index contributed by atoms with van der Waals surface area (Å²) in [6, 6.07) is 8.71. The SMILES string of the molecule is NC(NC(=O)c1ccccc1)C(Cl)Cl. The van der Waals surface area contributed by atoms with Gasteiger partial charge < -0.3 is 11.1 Å². The summed E-state index contributed by atoms with van der Waals surface area (Å²) in [4.78, 5) is 10.6. The molecule has 1 rings (SSSR count). The zero-order valence-electron chi connectivity index (χ0n) is 7.28. The molecule has 0 saturated heterocycles. The number of hydrogen-bond donors (Lipinski definition) is 2. The molecule has 0 aliphatic heterocycles. The number of benzene rings is 1. The first-order valence-electron chi connectivity index (χ1n) is 4.01. The average Bonchev–Trinajstić information content (AvgIpc) is 2.19. The van der Waals surface area contributed by atoms with Gasteiger partial charge in [-0.05, 0) is 12.1 Å². The largest absolute Gasteiger partial charge is 0.334 e. The van der Waals surface area contributed by atoms with Gasteiger partial charge in [0.05, 0.1) is 0 Å². The molecule has 1 aromatic carbocycles. The Kier molecular flexibility index (Phi) is 4.20. The molecule has 1 amide bonds. The van der Waals surface area contributed by atoms with Crippen LogP contribution in [0, 0.1) is 0 Å². The van der Waals surface area contributed by atoms with Gasteiger partial charge in [0.2, 0.25) is 0 Å². The minimum Gasteiger partial charge on any atom is -0.334 e. The predicted molar refractivity (Wildman–Crippen MR) is 57.4 cm³/mol. The summed E-state index contributed by atoms with van der Waals surface area (Å²) in [5.41, 5.74) is 5.98. The fourth-order valence-corrected chi connectivity index (χ4v) is 1.01. The molecule has 0 bridgehead atoms. The number of hydrogen-bond acceptors (Lipinski definition) is 2. The molecule has 1 atom stereocenters. The number of nitrogens with one attached hydrogen (secondary N) is 1. The summed E-state index contributed by atoms with van der Waals surface area (Å²) in [6.45, 7) is 0. The van der Waals surface area contributed by atoms with Crippen molar-refractivity contribution in [2.45, 2.75) is 11.0 Å². The number of alkyl halides is 2. The van der Waals surface area contributed by atoms with Gasteiger partial charge in [-0.15, -0.1) is 23.2 Å². The van der Waals surface area contributed by atoms with Crippen molar-refractivity contribution in [1.29, 1.82) is 0 Å². The van der Waals surface area contributed by atoms with Gasteiger partial charge in [-0.2, -0.15) is 0 Å². The fourth-order valence-electron chi connectivity index (χ4n) is 0.887. The highest BCUT2D eigenvalue weighted by Gasteiger charge is 2.14. The molecule has 3 N–H and O–H groups in total. The number of halogens is 2. The van der Waals surface area contributed by atoms with Crippen molar-refractivity contribution in [1.82, 2.24) is 5.32 Å². The molecule has 0 aliphatic carbocycles. The molecule has 0 heterocycles. The van der Waals surface area contributed by atoms with Gasteiger partial charge in [-0.3, -0.25) is 4.79 Å². The Balaban J connectivity index is 2.60. The topological polar surface area (TPSA) is 55.1 Å². The Bertz CT molecular complexity index is 303. The van der Waals surface area contributed by atoms with E-state index >= 15 is 0 Å². The Labute approximate surface area is 92.2 Å². The average molecular weight is 233 g/mol. The standard InChI is InChI=1S/C9H10Cl2N2O/c10-7(11)8(12)13-9(14)6-4-2-1-3-5-6/h1-5,7-8H,12H2,(H,13,14). The van der Waals surface area contributed by atoms with Crippen LogP contribution in [-0.4, -0.2) is 16.9 Å². The van der Waals surface area contributed by atoms with Crippen LogP contribution in [0.4, 0.5) is 0 Å². The van der Waals surface area contributed by atoms with Crippen molar-refractivity contribution in [3.63, 3.8) is 0 Å². The van der Waals surface area contributed by atoms with Gasteiger partial charge in [0.15, 0.2) is 0 Å². The van der Waals surface area contributed by atoms with E-state index in [1.54, 1.807) is 24.3 Å². The molecule has 5 heteroatoms. The molecule has 1 aromatic rings. The fraction of sp³-hybridized carbons (Fsp3) is 0.222. The van der Waals surface area contributed by atoms with Crippen molar-refractivity contribution in [3.05, 3.63) is 35.9 Å². The zero-order chi connectivity index (χ0) is 10.6. The van der Waals surface area contributed by atoms with E-state index in [4.69, 9.17) is 28.9 Å². The lowest BCUT2D eigenvalue weighted by Crippen LogP contribution is -2.45. The summed E-state index contributed by atoms with van der Waals surface area (Å²) in [5, 5.41) is 2.47. The quantitative estimate of drug-likeness (QED) is 0.614. The first-order chi connectivity index (χ1) is 6.61. The Morgan fingerprint density at radius 2 is 1.86 bits per heavy atom. The molecule has 1 unspecified atom stereocenters. The second-order valence-electron chi connectivity index (χ2n) is 2.70. The van der Waals surface area contributed by atoms with Crippen LogP contribution in [0.1, 0.15) is 10.4 Å². The molecule has 0 radical (unpaired) electrons. The van der Waals surface area contributed by atoms with Crippen molar-refractivity contribution in [2.24, 2.45) is 5.73 Å². The third kappa shape index (κ3) is 3.18. The second kappa shape index (κ2) is 5.20. The smallest absolute Gasteiger partial charge is 0.252 e. The Morgan fingerprint density at radius 3 is 2.36 bits per heavy atom. The third-order valence-corrected chi connectivity index (χ3v) is 2.15. The molecule has 14 heavy (non-hydrogen) atoms. The minimum absolute atomic E-state index is 0.288. The van der Waals surface area contributed by atoms with Crippen molar-refractivity contribution < 1.29 is 4.79 Å². The highest BCUT2D eigenvalue weighted by molar-refractivity contribution is 6.44. The normalized spacial score (nSPS) is 12.6. The monoisotopic (exact) mass is 232 g/mol. The van der Waals surface area contributed by atoms with E-state index in [-0.39, 0.29) is 5.91 Å². The molecule has 0 saturated carbocycles. The third-order valence-electron chi connectivity index (χ3n) is 1.61. The van der Waals surface area contributed by atoms with E-state index in [2.05, 4.69) is 5.32 Å². The van der Waals surface area contributed by atoms with E-state index in [0.29, 0.717) is 5.56 Å². The van der Waals surface area contributed by atoms with E-state index in [0.717, 1.165) is 0 Å². The van der Waals surface area contributed by atoms with E-state index in [9.17, 15) is 4.79 Å². The van der Waals surface area contributed by atoms with Gasteiger partial charge in [-0.25, -0.2) is 0 Å². The molecule has 0 spiro atoms. The van der Waals surface area contributed by atoms with E-state index < -0.39 is 11.0 Å². The minimum atomic E-state index is -0.817. The lowest BCUT2D eigenvalue weighted by Gasteiger charge is -2.14. The Morgan fingerprint density at radius 1 is 1.29 bits per heavy atom. The maximum atomic E-state index is 11.5. The summed E-state index contributed by atoms with van der Waals surface area (Å²) >= 11 is 11.0. The van der Waals surface area contributed by atoms with Crippen LogP contribution in [0.5, 0.6) is 0 Å². The van der Waals surface area contributed by atoms with Crippen molar-refractivity contribution >= 4 is 29.1 Å². The zero-order valence-corrected chi connectivity index (χ0v) is 8.79. The molecule has 0 aliphatic rings. The van der Waals surface area contributed by atoms with Gasteiger partial charge in [-0.1, -0.05) is 18.2 Å². The van der Waals surface area contributed by atoms with Gasteiger partial charge in [0.25, 0.3) is 5.91 Å². The molecule has 76 valence electrons. The van der Waals surface area contributed by atoms with Gasteiger partial charge >= 0.3 is 0 Å². The van der Waals surface area contributed by atoms with Crippen LogP contribution in [0.2, 0.25) is 0 Å². The number of nitrogens with two attached hydrogens (primary N) is 1. The molecule has 0 aromatic heterocycles. The lowest BCUT2D eigenvalue weighted by atomic mass is 10.2. The maximum Gasteiger partial charge on any atom is 0.252 e. The summed E-state index contributed by atoms with van der Waals surface area (Å²) in [7, 11) is 0. The molecule has 0 fully saturated rings. The van der Waals surface area contributed by atoms with Gasteiger partial charge in [0.1, 0.15) is 11.0 Å². The van der Waals surface area contributed by atoms with Crippen LogP contribution < -0.4 is 11.1 Å². The van der Waals surface area contributed by atoms with Crippen LogP contribution in [0.3, 0.4) is 0 Å². The molecular weight excluding hydrogens is 223 g/mol. The van der Waals surface area contributed by atoms with Crippen LogP contribution in [-0.2, 0) is 0 Å². The van der Waals surface area contributed by atoms with Crippen LogP contribution in [0.25, 0.3) is 0 Å². The second-order valence-corrected chi connectivity index (χ2v) is 3.86. The number of carbonyl (C=O) groups is 1. The maximum absolute atomic E-state index is 11.5. The van der Waals surface area contributed by atoms with Crippen LogP contribution >= 0.6 is 23.2 Å². The van der Waals surface area contributed by atoms with Gasteiger partial charge in [0, 0.05) is 5.56 Å². The van der Waals surface area contributed by atoms with Crippen molar-refractivity contribution in [3.8, 4) is 0 Å². The first kappa shape index (κ1) is 11.3. The predicted octanol–water partition coefficient (Wildman–Crippen LogP) is 1.50. The summed E-state index contributed by atoms with van der Waals surface area (Å²) in [5.74, 6) is -0.288. The van der Waals surface area contributed by atoms with Crippen LogP contribution in [0.15, 0.2) is 30.3 Å². The highest BCUT2D eigenvalue weighted by atomic mass is 35.5. The summed E-state index contributed by atoms with van der Waals surface area (Å²) in [6.07, 6.45) is -0.758. The number of rotatable bonds is 3. The molecule has 3 nitrogen and oxygen atoms in total. The highest BCUT2D eigenvalue weighted by Crippen LogP contribution is 2.05.